The van der Waals surface area contributed by atoms with Crippen molar-refractivity contribution in [2.75, 3.05) is 39.3 Å². The number of imide groups is 1. The summed E-state index contributed by atoms with van der Waals surface area (Å²) in [5.74, 6) is -0.840. The van der Waals surface area contributed by atoms with E-state index in [-0.39, 0.29) is 18.7 Å². The molecule has 0 spiro atoms. The van der Waals surface area contributed by atoms with Crippen molar-refractivity contribution in [3.8, 4) is 0 Å². The molecule has 0 aromatic heterocycles. The predicted molar refractivity (Wildman–Crippen MR) is 111 cm³/mol. The summed E-state index contributed by atoms with van der Waals surface area (Å²) in [5.41, 5.74) is 3.93. The maximum Gasteiger partial charge on any atom is 0.434 e. The van der Waals surface area contributed by atoms with Crippen molar-refractivity contribution in [3.05, 3.63) is 34.4 Å². The van der Waals surface area contributed by atoms with Crippen LogP contribution in [0.2, 0.25) is 0 Å². The third-order valence-corrected chi connectivity index (χ3v) is 6.34. The Morgan fingerprint density at radius 2 is 1.55 bits per heavy atom. The minimum absolute atomic E-state index is 0.0814. The Kier molecular flexibility index (Phi) is 5.95. The quantitative estimate of drug-likeness (QED) is 0.675. The van der Waals surface area contributed by atoms with E-state index < -0.39 is 17.9 Å². The minimum Gasteiger partial charge on any atom is -0.338 e. The van der Waals surface area contributed by atoms with Gasteiger partial charge in [-0.2, -0.15) is 0 Å². The zero-order valence-corrected chi connectivity index (χ0v) is 18.1. The second-order valence-electron chi connectivity index (χ2n) is 8.39. The number of carbonyl (C=O) groups is 4. The van der Waals surface area contributed by atoms with Crippen LogP contribution in [0, 0.1) is 13.8 Å². The van der Waals surface area contributed by atoms with E-state index in [1.165, 1.54) is 4.90 Å². The number of benzene rings is 1. The Balaban J connectivity index is 1.35. The fourth-order valence-electron chi connectivity index (χ4n) is 4.19. The van der Waals surface area contributed by atoms with Crippen molar-refractivity contribution in [1.29, 1.82) is 0 Å². The monoisotopic (exact) mass is 428 g/mol. The van der Waals surface area contributed by atoms with Crippen LogP contribution in [0.4, 0.5) is 4.79 Å². The van der Waals surface area contributed by atoms with Gasteiger partial charge < -0.3 is 14.6 Å². The summed E-state index contributed by atoms with van der Waals surface area (Å²) >= 11 is 0. The van der Waals surface area contributed by atoms with Crippen molar-refractivity contribution >= 4 is 23.8 Å². The molecule has 0 atom stereocenters. The van der Waals surface area contributed by atoms with Crippen LogP contribution < -0.4 is 0 Å². The normalized spacial score (nSPS) is 19.6. The Morgan fingerprint density at radius 3 is 2.13 bits per heavy atom. The first-order valence-corrected chi connectivity index (χ1v) is 10.8. The molecule has 0 saturated carbocycles. The molecule has 1 aromatic carbocycles. The van der Waals surface area contributed by atoms with E-state index in [0.29, 0.717) is 37.8 Å². The average molecular weight is 428 g/mol. The van der Waals surface area contributed by atoms with Crippen molar-refractivity contribution in [3.63, 3.8) is 0 Å². The molecule has 0 N–H and O–H groups in total. The highest BCUT2D eigenvalue weighted by molar-refractivity contribution is 6.01. The summed E-state index contributed by atoms with van der Waals surface area (Å²) in [4.78, 5) is 59.0. The molecule has 3 aliphatic heterocycles. The molecule has 9 heteroatoms. The number of hydrogen-bond acceptors (Lipinski definition) is 6. The molecule has 3 saturated heterocycles. The van der Waals surface area contributed by atoms with Gasteiger partial charge in [0.1, 0.15) is 0 Å². The highest BCUT2D eigenvalue weighted by atomic mass is 16.7. The molecule has 9 nitrogen and oxygen atoms in total. The Labute approximate surface area is 181 Å². The molecule has 0 unspecified atom stereocenters. The zero-order chi connectivity index (χ0) is 22.1. The summed E-state index contributed by atoms with van der Waals surface area (Å²) in [5, 5.41) is 0.584. The van der Waals surface area contributed by atoms with Crippen LogP contribution in [0.3, 0.4) is 0 Å². The van der Waals surface area contributed by atoms with Gasteiger partial charge in [0.25, 0.3) is 17.7 Å². The number of carbonyl (C=O) groups excluding carboxylic acids is 4. The number of likely N-dealkylation sites (tertiary alicyclic amines) is 1. The van der Waals surface area contributed by atoms with E-state index in [1.807, 2.05) is 24.8 Å². The molecule has 1 aromatic rings. The first-order chi connectivity index (χ1) is 14.8. The fourth-order valence-corrected chi connectivity index (χ4v) is 4.19. The lowest BCUT2D eigenvalue weighted by atomic mass is 9.95. The lowest BCUT2D eigenvalue weighted by Crippen LogP contribution is -2.50. The number of hydroxylamine groups is 2. The Hall–Kier alpha value is -2.94. The number of hydrogen-bond donors (Lipinski definition) is 0. The molecule has 0 bridgehead atoms. The first kappa shape index (κ1) is 21.3. The van der Waals surface area contributed by atoms with Crippen molar-refractivity contribution in [1.82, 2.24) is 19.8 Å². The Bertz CT molecular complexity index is 903. The van der Waals surface area contributed by atoms with Gasteiger partial charge in [0.2, 0.25) is 0 Å². The second kappa shape index (κ2) is 8.66. The maximum atomic E-state index is 12.8. The molecule has 4 rings (SSSR count). The number of aryl methyl sites for hydroxylation is 1. The van der Waals surface area contributed by atoms with Crippen molar-refractivity contribution in [2.45, 2.75) is 39.7 Å². The second-order valence-corrected chi connectivity index (χ2v) is 8.39. The third kappa shape index (κ3) is 4.27. The van der Waals surface area contributed by atoms with E-state index in [9.17, 15) is 19.2 Å². The summed E-state index contributed by atoms with van der Waals surface area (Å²) in [6.45, 7) is 8.50. The van der Waals surface area contributed by atoms with Gasteiger partial charge in [-0.1, -0.05) is 12.1 Å². The van der Waals surface area contributed by atoms with Crippen LogP contribution in [-0.4, -0.2) is 82.8 Å². The molecule has 0 radical (unpaired) electrons. The van der Waals surface area contributed by atoms with Gasteiger partial charge in [0.15, 0.2) is 0 Å². The minimum atomic E-state index is -0.669. The van der Waals surface area contributed by atoms with Gasteiger partial charge in [0.05, 0.1) is 0 Å². The van der Waals surface area contributed by atoms with Gasteiger partial charge in [-0.3, -0.25) is 19.3 Å². The van der Waals surface area contributed by atoms with Gasteiger partial charge in [-0.05, 0) is 37.0 Å². The van der Waals surface area contributed by atoms with E-state index >= 15 is 0 Å². The summed E-state index contributed by atoms with van der Waals surface area (Å²) in [6, 6.07) is 4.08. The zero-order valence-electron chi connectivity index (χ0n) is 18.1. The average Bonchev–Trinajstić information content (AvgIpc) is 3.01. The van der Waals surface area contributed by atoms with Gasteiger partial charge in [-0.25, -0.2) is 4.79 Å². The maximum absolute atomic E-state index is 12.8. The number of amides is 4. The van der Waals surface area contributed by atoms with Crippen LogP contribution in [-0.2, 0) is 21.0 Å². The standard InChI is InChI=1S/C22H28N4O5/c1-15-4-5-17(16(2)20(15)21(29)24-8-3-9-24)14-23-10-12-25(13-11-23)22(30)31-26-18(27)6-7-19(26)28/h4-5H,3,6-14H2,1-2H3. The summed E-state index contributed by atoms with van der Waals surface area (Å²) in [7, 11) is 0. The SMILES string of the molecule is Cc1ccc(CN2CCN(C(=O)ON3C(=O)CCC3=O)CC2)c(C)c1C(=O)N1CCC1. The largest absolute Gasteiger partial charge is 0.434 e. The molecule has 3 heterocycles. The van der Waals surface area contributed by atoms with Gasteiger partial charge in [0, 0.05) is 64.2 Å². The fraction of sp³-hybridized carbons (Fsp3) is 0.545. The highest BCUT2D eigenvalue weighted by Gasteiger charge is 2.35. The Morgan fingerprint density at radius 1 is 0.903 bits per heavy atom. The van der Waals surface area contributed by atoms with E-state index in [4.69, 9.17) is 4.84 Å². The van der Waals surface area contributed by atoms with E-state index in [2.05, 4.69) is 11.0 Å². The molecule has 3 aliphatic rings. The van der Waals surface area contributed by atoms with Crippen LogP contribution in [0.1, 0.15) is 46.3 Å². The molecular weight excluding hydrogens is 400 g/mol. The summed E-state index contributed by atoms with van der Waals surface area (Å²) < 4.78 is 0. The van der Waals surface area contributed by atoms with Crippen LogP contribution in [0.5, 0.6) is 0 Å². The lowest BCUT2D eigenvalue weighted by Gasteiger charge is -2.35. The number of nitrogens with zero attached hydrogens (tertiary/aromatic N) is 4. The molecule has 4 amide bonds. The van der Waals surface area contributed by atoms with Crippen LogP contribution in [0.15, 0.2) is 12.1 Å². The first-order valence-electron chi connectivity index (χ1n) is 10.8. The highest BCUT2D eigenvalue weighted by Crippen LogP contribution is 2.24. The van der Waals surface area contributed by atoms with E-state index in [0.717, 1.165) is 41.8 Å². The molecule has 3 fully saturated rings. The predicted octanol–water partition coefficient (Wildman–Crippen LogP) is 1.47. The van der Waals surface area contributed by atoms with Crippen molar-refractivity contribution < 1.29 is 24.0 Å². The molecule has 31 heavy (non-hydrogen) atoms. The lowest BCUT2D eigenvalue weighted by molar-refractivity contribution is -0.174. The molecule has 166 valence electrons. The topological polar surface area (TPSA) is 90.5 Å². The van der Waals surface area contributed by atoms with Gasteiger partial charge in [-0.15, -0.1) is 5.06 Å². The number of rotatable bonds is 4. The molecule has 0 aliphatic carbocycles. The van der Waals surface area contributed by atoms with Crippen LogP contribution >= 0.6 is 0 Å². The van der Waals surface area contributed by atoms with Crippen molar-refractivity contribution in [2.24, 2.45) is 0 Å². The number of piperazine rings is 1. The molecular formula is C22H28N4O5. The third-order valence-electron chi connectivity index (χ3n) is 6.34. The smallest absolute Gasteiger partial charge is 0.338 e. The van der Waals surface area contributed by atoms with Crippen LogP contribution in [0.25, 0.3) is 0 Å². The van der Waals surface area contributed by atoms with E-state index in [1.54, 1.807) is 0 Å². The summed E-state index contributed by atoms with van der Waals surface area (Å²) in [6.07, 6.45) is 0.559. The van der Waals surface area contributed by atoms with Gasteiger partial charge >= 0.3 is 6.09 Å².